The van der Waals surface area contributed by atoms with Crippen LogP contribution in [-0.4, -0.2) is 19.8 Å². The molecule has 0 saturated heterocycles. The maximum Gasteiger partial charge on any atom is 0.265 e. The molecule has 0 N–H and O–H groups in total. The van der Waals surface area contributed by atoms with Gasteiger partial charge in [-0.25, -0.2) is 10.1 Å². The second-order valence-corrected chi connectivity index (χ2v) is 7.86. The number of nitrogens with zero attached hydrogens (tertiary/aromatic N) is 3. The van der Waals surface area contributed by atoms with Crippen LogP contribution in [0.5, 0.6) is 5.75 Å². The molecule has 0 fully saturated rings. The van der Waals surface area contributed by atoms with E-state index < -0.39 is 5.60 Å². The molecular weight excluding hydrogens is 386 g/mol. The zero-order valence-corrected chi connectivity index (χ0v) is 18.2. The highest BCUT2D eigenvalue weighted by Gasteiger charge is 2.27. The fraction of sp³-hybridized carbons (Fsp3) is 0.231. The number of benzene rings is 2. The Morgan fingerprint density at radius 2 is 1.74 bits per heavy atom. The summed E-state index contributed by atoms with van der Waals surface area (Å²) in [5.74, 6) is 1.47. The Bertz CT molecular complexity index is 1090. The first-order valence-corrected chi connectivity index (χ1v) is 9.92. The van der Waals surface area contributed by atoms with Crippen molar-refractivity contribution in [2.24, 2.45) is 0 Å². The summed E-state index contributed by atoms with van der Waals surface area (Å²) < 4.78 is 11.2. The van der Waals surface area contributed by atoms with Gasteiger partial charge < -0.3 is 14.4 Å². The van der Waals surface area contributed by atoms with Gasteiger partial charge in [0.1, 0.15) is 17.1 Å². The summed E-state index contributed by atoms with van der Waals surface area (Å²) in [5.41, 5.74) is 3.52. The van der Waals surface area contributed by atoms with Gasteiger partial charge in [0.2, 0.25) is 0 Å². The molecule has 0 saturated carbocycles. The van der Waals surface area contributed by atoms with Crippen molar-refractivity contribution in [2.75, 3.05) is 19.1 Å². The molecular formula is C26H25N3O2. The molecule has 2 aromatic rings. The number of ether oxygens (including phenoxy) is 2. The van der Waals surface area contributed by atoms with Crippen molar-refractivity contribution in [3.05, 3.63) is 94.7 Å². The maximum absolute atomic E-state index is 9.20. The van der Waals surface area contributed by atoms with Crippen molar-refractivity contribution in [1.82, 2.24) is 0 Å². The molecule has 1 aliphatic rings. The molecule has 1 heterocycles. The van der Waals surface area contributed by atoms with Crippen LogP contribution in [0.4, 0.5) is 11.4 Å². The van der Waals surface area contributed by atoms with Crippen LogP contribution in [0.25, 0.3) is 10.9 Å². The van der Waals surface area contributed by atoms with E-state index in [-0.39, 0.29) is 5.70 Å². The molecule has 31 heavy (non-hydrogen) atoms. The van der Waals surface area contributed by atoms with E-state index in [4.69, 9.17) is 16.0 Å². The lowest BCUT2D eigenvalue weighted by Gasteiger charge is -2.32. The van der Waals surface area contributed by atoms with Crippen LogP contribution in [0.2, 0.25) is 0 Å². The zero-order valence-electron chi connectivity index (χ0n) is 18.2. The van der Waals surface area contributed by atoms with Gasteiger partial charge in [-0.15, -0.1) is 0 Å². The van der Waals surface area contributed by atoms with Gasteiger partial charge in [0, 0.05) is 24.8 Å². The number of allylic oxidation sites excluding steroid dienone is 3. The van der Waals surface area contributed by atoms with Gasteiger partial charge in [-0.1, -0.05) is 18.2 Å². The number of methoxy groups -OCH3 is 1. The molecule has 0 spiro atoms. The topological polar surface area (TPSA) is 49.9 Å². The van der Waals surface area contributed by atoms with Gasteiger partial charge in [-0.05, 0) is 73.5 Å². The average molecular weight is 412 g/mol. The Labute approximate surface area is 184 Å². The lowest BCUT2D eigenvalue weighted by Crippen LogP contribution is -2.27. The standard InChI is InChI=1S/C26H25N3O2/c1-26(2)17-20(25(18-27)28-3)16-24(31-26)13-8-19-6-9-21(10-7-19)29(4)22-11-14-23(30-5)15-12-22/h6-16H,17H2,1-2,4-5H3/b13-8+,25-20+. The molecule has 0 aliphatic carbocycles. The van der Waals surface area contributed by atoms with Crippen LogP contribution in [0, 0.1) is 17.9 Å². The SMILES string of the molecule is [C-]#[N+]/C(C#N)=C1C=C(/C=C/c2ccc(N(C)c3ccc(OC)cc3)cc2)OC(C)(C)C\1. The van der Waals surface area contributed by atoms with Crippen LogP contribution < -0.4 is 9.64 Å². The normalized spacial score (nSPS) is 16.5. The molecule has 3 rings (SSSR count). The number of rotatable bonds is 5. The Balaban J connectivity index is 1.78. The van der Waals surface area contributed by atoms with Gasteiger partial charge in [-0.2, -0.15) is 0 Å². The summed E-state index contributed by atoms with van der Waals surface area (Å²) in [6.07, 6.45) is 6.15. The lowest BCUT2D eigenvalue weighted by molar-refractivity contribution is 0.0356. The molecule has 5 nitrogen and oxygen atoms in total. The van der Waals surface area contributed by atoms with E-state index in [9.17, 15) is 5.26 Å². The summed E-state index contributed by atoms with van der Waals surface area (Å²) >= 11 is 0. The minimum absolute atomic E-state index is 0.119. The van der Waals surface area contributed by atoms with Crippen molar-refractivity contribution in [2.45, 2.75) is 25.9 Å². The van der Waals surface area contributed by atoms with E-state index in [2.05, 4.69) is 21.9 Å². The van der Waals surface area contributed by atoms with E-state index in [1.807, 2.05) is 75.5 Å². The van der Waals surface area contributed by atoms with Gasteiger partial charge in [0.15, 0.2) is 0 Å². The Morgan fingerprint density at radius 3 is 2.29 bits per heavy atom. The minimum atomic E-state index is -0.471. The Kier molecular flexibility index (Phi) is 6.48. The van der Waals surface area contributed by atoms with Crippen LogP contribution in [-0.2, 0) is 4.74 Å². The maximum atomic E-state index is 9.20. The second-order valence-electron chi connectivity index (χ2n) is 7.86. The molecule has 2 aromatic carbocycles. The van der Waals surface area contributed by atoms with Crippen LogP contribution >= 0.6 is 0 Å². The van der Waals surface area contributed by atoms with Crippen molar-refractivity contribution >= 4 is 17.5 Å². The van der Waals surface area contributed by atoms with E-state index in [0.717, 1.165) is 22.7 Å². The highest BCUT2D eigenvalue weighted by molar-refractivity contribution is 5.65. The fourth-order valence-corrected chi connectivity index (χ4v) is 3.41. The highest BCUT2D eigenvalue weighted by Crippen LogP contribution is 2.33. The van der Waals surface area contributed by atoms with Crippen LogP contribution in [0.15, 0.2) is 77.7 Å². The summed E-state index contributed by atoms with van der Waals surface area (Å²) in [6.45, 7) is 11.1. The minimum Gasteiger partial charge on any atom is -0.497 e. The number of anilines is 2. The van der Waals surface area contributed by atoms with Gasteiger partial charge in [0.25, 0.3) is 5.70 Å². The van der Waals surface area contributed by atoms with Crippen molar-refractivity contribution in [1.29, 1.82) is 5.26 Å². The number of hydrogen-bond donors (Lipinski definition) is 0. The van der Waals surface area contributed by atoms with E-state index in [1.54, 1.807) is 13.2 Å². The third kappa shape index (κ3) is 5.35. The van der Waals surface area contributed by atoms with Gasteiger partial charge in [0.05, 0.1) is 19.8 Å². The van der Waals surface area contributed by atoms with E-state index in [0.29, 0.717) is 17.8 Å². The molecule has 1 aliphatic heterocycles. The largest absolute Gasteiger partial charge is 0.497 e. The molecule has 156 valence electrons. The monoisotopic (exact) mass is 411 g/mol. The number of nitriles is 1. The third-order valence-electron chi connectivity index (χ3n) is 5.03. The second kappa shape index (κ2) is 9.24. The van der Waals surface area contributed by atoms with Crippen LogP contribution in [0.1, 0.15) is 25.8 Å². The summed E-state index contributed by atoms with van der Waals surface area (Å²) in [7, 11) is 3.68. The summed E-state index contributed by atoms with van der Waals surface area (Å²) in [5, 5.41) is 9.20. The van der Waals surface area contributed by atoms with E-state index in [1.165, 1.54) is 0 Å². The Hall–Kier alpha value is -3.96. The smallest absolute Gasteiger partial charge is 0.265 e. The van der Waals surface area contributed by atoms with Gasteiger partial charge in [-0.3, -0.25) is 0 Å². The lowest BCUT2D eigenvalue weighted by atomic mass is 9.93. The molecule has 0 radical (unpaired) electrons. The quantitative estimate of drug-likeness (QED) is 0.431. The molecule has 0 aromatic heterocycles. The summed E-state index contributed by atoms with van der Waals surface area (Å²) in [4.78, 5) is 5.45. The average Bonchev–Trinajstić information content (AvgIpc) is 2.77. The fourth-order valence-electron chi connectivity index (χ4n) is 3.41. The number of hydrogen-bond acceptors (Lipinski definition) is 4. The predicted molar refractivity (Wildman–Crippen MR) is 124 cm³/mol. The predicted octanol–water partition coefficient (Wildman–Crippen LogP) is 6.26. The third-order valence-corrected chi connectivity index (χ3v) is 5.03. The zero-order chi connectivity index (χ0) is 22.4. The highest BCUT2D eigenvalue weighted by atomic mass is 16.5. The van der Waals surface area contributed by atoms with Crippen molar-refractivity contribution in [3.63, 3.8) is 0 Å². The first-order chi connectivity index (χ1) is 14.8. The first kappa shape index (κ1) is 21.7. The first-order valence-electron chi connectivity index (χ1n) is 9.92. The molecule has 0 bridgehead atoms. The van der Waals surface area contributed by atoms with Crippen LogP contribution in [0.3, 0.4) is 0 Å². The molecule has 0 amide bonds. The van der Waals surface area contributed by atoms with Crippen molar-refractivity contribution < 1.29 is 9.47 Å². The van der Waals surface area contributed by atoms with Gasteiger partial charge >= 0.3 is 0 Å². The molecule has 0 atom stereocenters. The van der Waals surface area contributed by atoms with Crippen molar-refractivity contribution in [3.8, 4) is 11.8 Å². The molecule has 5 heteroatoms. The molecule has 0 unspecified atom stereocenters. The van der Waals surface area contributed by atoms with E-state index >= 15 is 0 Å². The summed E-state index contributed by atoms with van der Waals surface area (Å²) in [6, 6.07) is 18.1. The Morgan fingerprint density at radius 1 is 1.13 bits per heavy atom.